The minimum atomic E-state index is -0.911. The molecule has 1 unspecified atom stereocenters. The SMILES string of the molecule is O=C1C=CC(C(=O)Nc2ccc(Br)cc2F)N=N1. The first-order chi connectivity index (χ1) is 8.56. The van der Waals surface area contributed by atoms with Crippen molar-refractivity contribution in [3.05, 3.63) is 40.6 Å². The predicted molar refractivity (Wildman–Crippen MR) is 65.5 cm³/mol. The van der Waals surface area contributed by atoms with Crippen LogP contribution in [0.15, 0.2) is 45.1 Å². The number of carbonyl (C=O) groups is 2. The summed E-state index contributed by atoms with van der Waals surface area (Å²) in [6.45, 7) is 0. The summed E-state index contributed by atoms with van der Waals surface area (Å²) in [5.74, 6) is -1.64. The van der Waals surface area contributed by atoms with Crippen LogP contribution in [0.2, 0.25) is 0 Å². The summed E-state index contributed by atoms with van der Waals surface area (Å²) in [5, 5.41) is 9.12. The minimum Gasteiger partial charge on any atom is -0.321 e. The maximum Gasteiger partial charge on any atom is 0.287 e. The summed E-state index contributed by atoms with van der Waals surface area (Å²) < 4.78 is 14.0. The van der Waals surface area contributed by atoms with E-state index >= 15 is 0 Å². The summed E-state index contributed by atoms with van der Waals surface area (Å²) in [4.78, 5) is 22.4. The van der Waals surface area contributed by atoms with Gasteiger partial charge in [0.1, 0.15) is 5.82 Å². The van der Waals surface area contributed by atoms with Crippen molar-refractivity contribution in [2.45, 2.75) is 6.04 Å². The molecular formula is C11H7BrFN3O2. The molecule has 1 aromatic carbocycles. The number of amides is 2. The van der Waals surface area contributed by atoms with Crippen molar-refractivity contribution in [2.75, 3.05) is 5.32 Å². The van der Waals surface area contributed by atoms with Gasteiger partial charge < -0.3 is 5.32 Å². The van der Waals surface area contributed by atoms with E-state index in [1.165, 1.54) is 18.2 Å². The Bertz CT molecular complexity index is 555. The molecule has 92 valence electrons. The number of nitrogens with zero attached hydrogens (tertiary/aromatic N) is 2. The zero-order valence-corrected chi connectivity index (χ0v) is 10.5. The molecule has 0 aromatic heterocycles. The quantitative estimate of drug-likeness (QED) is 0.911. The lowest BCUT2D eigenvalue weighted by Crippen LogP contribution is -2.26. The molecule has 1 aliphatic heterocycles. The normalized spacial score (nSPS) is 17.9. The van der Waals surface area contributed by atoms with Gasteiger partial charge in [-0.1, -0.05) is 15.9 Å². The molecule has 7 heteroatoms. The maximum absolute atomic E-state index is 13.5. The van der Waals surface area contributed by atoms with E-state index in [2.05, 4.69) is 31.5 Å². The molecule has 0 radical (unpaired) electrons. The van der Waals surface area contributed by atoms with E-state index in [0.29, 0.717) is 4.47 Å². The summed E-state index contributed by atoms with van der Waals surface area (Å²) in [6, 6.07) is 3.34. The number of benzene rings is 1. The van der Waals surface area contributed by atoms with Gasteiger partial charge in [0.15, 0.2) is 6.04 Å². The number of nitrogens with one attached hydrogen (secondary N) is 1. The van der Waals surface area contributed by atoms with Crippen LogP contribution in [0.1, 0.15) is 0 Å². The minimum absolute atomic E-state index is 0.0451. The summed E-state index contributed by atoms with van der Waals surface area (Å²) in [5.41, 5.74) is 0.0451. The predicted octanol–water partition coefficient (Wildman–Crippen LogP) is 2.44. The van der Waals surface area contributed by atoms with E-state index in [1.807, 2.05) is 0 Å². The summed E-state index contributed by atoms with van der Waals surface area (Å²) in [6.07, 6.45) is 2.45. The van der Waals surface area contributed by atoms with Gasteiger partial charge >= 0.3 is 0 Å². The highest BCUT2D eigenvalue weighted by Gasteiger charge is 2.19. The fraction of sp³-hybridized carbons (Fsp3) is 0.0909. The lowest BCUT2D eigenvalue weighted by atomic mass is 10.2. The third-order valence-electron chi connectivity index (χ3n) is 2.16. The zero-order valence-electron chi connectivity index (χ0n) is 8.93. The van der Waals surface area contributed by atoms with Crippen LogP contribution in [-0.2, 0) is 9.59 Å². The molecule has 18 heavy (non-hydrogen) atoms. The van der Waals surface area contributed by atoms with Crippen molar-refractivity contribution >= 4 is 33.4 Å². The second-order valence-electron chi connectivity index (χ2n) is 3.47. The molecule has 0 saturated carbocycles. The molecule has 1 atom stereocenters. The number of halogens is 2. The molecule has 1 aromatic rings. The molecular weight excluding hydrogens is 305 g/mol. The molecule has 2 rings (SSSR count). The van der Waals surface area contributed by atoms with Crippen molar-refractivity contribution in [1.82, 2.24) is 0 Å². The first-order valence-electron chi connectivity index (χ1n) is 4.95. The largest absolute Gasteiger partial charge is 0.321 e. The second kappa shape index (κ2) is 5.18. The van der Waals surface area contributed by atoms with Crippen LogP contribution in [0.5, 0.6) is 0 Å². The molecule has 0 saturated heterocycles. The van der Waals surface area contributed by atoms with Crippen molar-refractivity contribution in [2.24, 2.45) is 10.2 Å². The zero-order chi connectivity index (χ0) is 13.1. The van der Waals surface area contributed by atoms with Crippen LogP contribution in [0.4, 0.5) is 10.1 Å². The van der Waals surface area contributed by atoms with E-state index in [-0.39, 0.29) is 5.69 Å². The van der Waals surface area contributed by atoms with Gasteiger partial charge in [0, 0.05) is 10.5 Å². The van der Waals surface area contributed by atoms with E-state index in [0.717, 1.165) is 6.08 Å². The Kier molecular flexibility index (Phi) is 3.61. The van der Waals surface area contributed by atoms with Gasteiger partial charge in [-0.05, 0) is 24.3 Å². The van der Waals surface area contributed by atoms with Gasteiger partial charge in [-0.15, -0.1) is 5.11 Å². The molecule has 0 bridgehead atoms. The van der Waals surface area contributed by atoms with Gasteiger partial charge in [-0.3, -0.25) is 9.59 Å². The Morgan fingerprint density at radius 3 is 2.83 bits per heavy atom. The highest BCUT2D eigenvalue weighted by molar-refractivity contribution is 9.10. The van der Waals surface area contributed by atoms with Gasteiger partial charge in [0.25, 0.3) is 11.8 Å². The molecule has 5 nitrogen and oxygen atoms in total. The third kappa shape index (κ3) is 2.86. The Morgan fingerprint density at radius 1 is 1.44 bits per heavy atom. The van der Waals surface area contributed by atoms with E-state index < -0.39 is 23.7 Å². The molecule has 1 N–H and O–H groups in total. The summed E-state index contributed by atoms with van der Waals surface area (Å²) >= 11 is 3.11. The van der Waals surface area contributed by atoms with E-state index in [4.69, 9.17) is 0 Å². The Labute approximate surface area is 110 Å². The molecule has 2 amide bonds. The fourth-order valence-electron chi connectivity index (χ4n) is 1.30. The lowest BCUT2D eigenvalue weighted by Gasteiger charge is -2.10. The van der Waals surface area contributed by atoms with Crippen LogP contribution < -0.4 is 5.32 Å². The van der Waals surface area contributed by atoms with Gasteiger partial charge in [0.2, 0.25) is 0 Å². The maximum atomic E-state index is 13.5. The number of carbonyl (C=O) groups excluding carboxylic acids is 2. The second-order valence-corrected chi connectivity index (χ2v) is 4.39. The average molecular weight is 312 g/mol. The average Bonchev–Trinajstić information content (AvgIpc) is 2.33. The van der Waals surface area contributed by atoms with Crippen molar-refractivity contribution < 1.29 is 14.0 Å². The molecule has 0 aliphatic carbocycles. The van der Waals surface area contributed by atoms with Crippen LogP contribution in [0.3, 0.4) is 0 Å². The molecule has 0 spiro atoms. The molecule has 0 fully saturated rings. The van der Waals surface area contributed by atoms with Gasteiger partial charge in [-0.25, -0.2) is 4.39 Å². The van der Waals surface area contributed by atoms with Crippen molar-refractivity contribution in [3.63, 3.8) is 0 Å². The Balaban J connectivity index is 2.10. The number of rotatable bonds is 2. The molecule has 1 heterocycles. The lowest BCUT2D eigenvalue weighted by molar-refractivity contribution is -0.117. The topological polar surface area (TPSA) is 70.9 Å². The standard InChI is InChI=1S/C11H7BrFN3O2/c12-6-1-2-8(7(13)5-6)14-11(18)9-3-4-10(17)16-15-9/h1-5,9H,(H,14,18). The number of hydrogen-bond donors (Lipinski definition) is 1. The van der Waals surface area contributed by atoms with E-state index in [9.17, 15) is 14.0 Å². The fourth-order valence-corrected chi connectivity index (χ4v) is 1.63. The number of azo groups is 1. The van der Waals surface area contributed by atoms with Crippen LogP contribution in [0, 0.1) is 5.82 Å². The van der Waals surface area contributed by atoms with Crippen LogP contribution in [-0.4, -0.2) is 17.9 Å². The highest BCUT2D eigenvalue weighted by atomic mass is 79.9. The van der Waals surface area contributed by atoms with Crippen LogP contribution >= 0.6 is 15.9 Å². The van der Waals surface area contributed by atoms with Crippen molar-refractivity contribution in [3.8, 4) is 0 Å². The van der Waals surface area contributed by atoms with Gasteiger partial charge in [-0.2, -0.15) is 5.11 Å². The Morgan fingerprint density at radius 2 is 2.22 bits per heavy atom. The van der Waals surface area contributed by atoms with Gasteiger partial charge in [0.05, 0.1) is 5.69 Å². The first-order valence-corrected chi connectivity index (χ1v) is 5.74. The third-order valence-corrected chi connectivity index (χ3v) is 2.65. The van der Waals surface area contributed by atoms with Crippen molar-refractivity contribution in [1.29, 1.82) is 0 Å². The highest BCUT2D eigenvalue weighted by Crippen LogP contribution is 2.20. The Hall–Kier alpha value is -1.89. The summed E-state index contributed by atoms with van der Waals surface area (Å²) in [7, 11) is 0. The monoisotopic (exact) mass is 311 g/mol. The number of hydrogen-bond acceptors (Lipinski definition) is 3. The van der Waals surface area contributed by atoms with Crippen LogP contribution in [0.25, 0.3) is 0 Å². The van der Waals surface area contributed by atoms with E-state index in [1.54, 1.807) is 6.07 Å². The smallest absolute Gasteiger partial charge is 0.287 e. The molecule has 1 aliphatic rings. The first kappa shape index (κ1) is 12.6. The number of anilines is 1.